The highest BCUT2D eigenvalue weighted by atomic mass is 79.9. The largest absolute Gasteiger partial charge is 0.478 e. The summed E-state index contributed by atoms with van der Waals surface area (Å²) in [6.07, 6.45) is 2.73. The number of amides is 2. The van der Waals surface area contributed by atoms with Crippen LogP contribution >= 0.6 is 15.9 Å². The molecule has 6 heteroatoms. The van der Waals surface area contributed by atoms with Gasteiger partial charge in [-0.1, -0.05) is 12.1 Å². The van der Waals surface area contributed by atoms with E-state index in [2.05, 4.69) is 15.9 Å². The first kappa shape index (κ1) is 13.5. The van der Waals surface area contributed by atoms with E-state index in [0.29, 0.717) is 22.0 Å². The van der Waals surface area contributed by atoms with Crippen LogP contribution in [0.25, 0.3) is 0 Å². The van der Waals surface area contributed by atoms with Crippen LogP contribution < -0.4 is 0 Å². The Morgan fingerprint density at radius 2 is 2.05 bits per heavy atom. The van der Waals surface area contributed by atoms with Crippen molar-refractivity contribution in [2.45, 2.75) is 6.42 Å². The SMILES string of the molecule is O=C(O)/C=C/CCN1C(=O)c2cccc(Br)c2C1=O. The summed E-state index contributed by atoms with van der Waals surface area (Å²) in [5, 5.41) is 8.45. The van der Waals surface area contributed by atoms with Crippen LogP contribution in [0, 0.1) is 0 Å². The zero-order valence-electron chi connectivity index (χ0n) is 9.80. The first-order valence-corrected chi connectivity index (χ1v) is 6.36. The molecule has 1 aromatic carbocycles. The van der Waals surface area contributed by atoms with Gasteiger partial charge < -0.3 is 5.11 Å². The van der Waals surface area contributed by atoms with Crippen LogP contribution in [0.2, 0.25) is 0 Å². The number of halogens is 1. The van der Waals surface area contributed by atoms with Gasteiger partial charge in [0.25, 0.3) is 11.8 Å². The van der Waals surface area contributed by atoms with Gasteiger partial charge in [0.2, 0.25) is 0 Å². The molecule has 0 atom stereocenters. The molecule has 19 heavy (non-hydrogen) atoms. The third-order valence-corrected chi connectivity index (χ3v) is 3.39. The molecule has 1 heterocycles. The molecule has 0 spiro atoms. The lowest BCUT2D eigenvalue weighted by atomic mass is 10.1. The van der Waals surface area contributed by atoms with Gasteiger partial charge in [-0.3, -0.25) is 14.5 Å². The zero-order chi connectivity index (χ0) is 14.0. The van der Waals surface area contributed by atoms with Crippen molar-refractivity contribution in [3.8, 4) is 0 Å². The van der Waals surface area contributed by atoms with Crippen molar-refractivity contribution in [2.24, 2.45) is 0 Å². The maximum atomic E-state index is 12.1. The van der Waals surface area contributed by atoms with Crippen LogP contribution in [0.5, 0.6) is 0 Å². The molecule has 0 radical (unpaired) electrons. The Kier molecular flexibility index (Phi) is 3.80. The summed E-state index contributed by atoms with van der Waals surface area (Å²) in [7, 11) is 0. The van der Waals surface area contributed by atoms with Crippen LogP contribution in [0.1, 0.15) is 27.1 Å². The Hall–Kier alpha value is -1.95. The van der Waals surface area contributed by atoms with Crippen molar-refractivity contribution >= 4 is 33.7 Å². The second kappa shape index (κ2) is 5.36. The molecule has 1 N–H and O–H groups in total. The summed E-state index contributed by atoms with van der Waals surface area (Å²) in [5.41, 5.74) is 0.747. The van der Waals surface area contributed by atoms with Crippen LogP contribution in [-0.4, -0.2) is 34.3 Å². The van der Waals surface area contributed by atoms with Gasteiger partial charge in [0.1, 0.15) is 0 Å². The molecule has 2 rings (SSSR count). The molecule has 0 aromatic heterocycles. The number of carboxylic acids is 1. The molecule has 98 valence electrons. The van der Waals surface area contributed by atoms with Crippen molar-refractivity contribution in [1.29, 1.82) is 0 Å². The molecule has 0 bridgehead atoms. The molecule has 2 amide bonds. The first-order chi connectivity index (χ1) is 9.02. The molecule has 0 saturated carbocycles. The number of carbonyl (C=O) groups excluding carboxylic acids is 2. The van der Waals surface area contributed by atoms with E-state index >= 15 is 0 Å². The predicted octanol–water partition coefficient (Wildman–Crippen LogP) is 2.08. The van der Waals surface area contributed by atoms with E-state index in [1.54, 1.807) is 18.2 Å². The fraction of sp³-hybridized carbons (Fsp3) is 0.154. The Balaban J connectivity index is 2.15. The molecule has 0 aliphatic carbocycles. The number of hydrogen-bond donors (Lipinski definition) is 1. The Bertz CT molecular complexity index is 594. The normalized spacial score (nSPS) is 14.3. The minimum Gasteiger partial charge on any atom is -0.478 e. The summed E-state index contributed by atoms with van der Waals surface area (Å²) < 4.78 is 0.590. The topological polar surface area (TPSA) is 74.7 Å². The van der Waals surface area contributed by atoms with Gasteiger partial charge in [-0.05, 0) is 34.5 Å². The number of hydrogen-bond acceptors (Lipinski definition) is 3. The summed E-state index contributed by atoms with van der Waals surface area (Å²) in [4.78, 5) is 35.6. The number of imide groups is 1. The van der Waals surface area contributed by atoms with Gasteiger partial charge in [0.05, 0.1) is 11.1 Å². The smallest absolute Gasteiger partial charge is 0.327 e. The van der Waals surface area contributed by atoms with E-state index in [1.165, 1.54) is 6.08 Å². The summed E-state index contributed by atoms with van der Waals surface area (Å²) in [6, 6.07) is 5.01. The minimum atomic E-state index is -1.05. The second-order valence-corrected chi connectivity index (χ2v) is 4.81. The zero-order valence-corrected chi connectivity index (χ0v) is 11.4. The van der Waals surface area contributed by atoms with E-state index < -0.39 is 5.97 Å². The molecule has 0 unspecified atom stereocenters. The Morgan fingerprint density at radius 1 is 1.32 bits per heavy atom. The van der Waals surface area contributed by atoms with E-state index in [-0.39, 0.29) is 18.4 Å². The lowest BCUT2D eigenvalue weighted by molar-refractivity contribution is -0.131. The van der Waals surface area contributed by atoms with Crippen molar-refractivity contribution in [3.63, 3.8) is 0 Å². The summed E-state index contributed by atoms with van der Waals surface area (Å²) in [5.74, 6) is -1.74. The molecule has 1 aliphatic rings. The maximum Gasteiger partial charge on any atom is 0.327 e. The fourth-order valence-corrected chi connectivity index (χ4v) is 2.42. The van der Waals surface area contributed by atoms with Gasteiger partial charge in [-0.25, -0.2) is 4.79 Å². The average Bonchev–Trinajstić information content (AvgIpc) is 2.59. The lowest BCUT2D eigenvalue weighted by Gasteiger charge is -2.11. The quantitative estimate of drug-likeness (QED) is 0.680. The lowest BCUT2D eigenvalue weighted by Crippen LogP contribution is -2.30. The Morgan fingerprint density at radius 3 is 2.68 bits per heavy atom. The van der Waals surface area contributed by atoms with Crippen LogP contribution in [0.15, 0.2) is 34.8 Å². The van der Waals surface area contributed by atoms with E-state index in [0.717, 1.165) is 11.0 Å². The molecule has 5 nitrogen and oxygen atoms in total. The highest BCUT2D eigenvalue weighted by molar-refractivity contribution is 9.10. The average molecular weight is 324 g/mol. The number of aliphatic carboxylic acids is 1. The number of benzene rings is 1. The van der Waals surface area contributed by atoms with Crippen molar-refractivity contribution in [3.05, 3.63) is 46.0 Å². The van der Waals surface area contributed by atoms with Crippen molar-refractivity contribution in [1.82, 2.24) is 4.90 Å². The number of fused-ring (bicyclic) bond motifs is 1. The van der Waals surface area contributed by atoms with Gasteiger partial charge in [0, 0.05) is 17.1 Å². The summed E-state index contributed by atoms with van der Waals surface area (Å²) >= 11 is 3.25. The van der Waals surface area contributed by atoms with E-state index in [4.69, 9.17) is 5.11 Å². The van der Waals surface area contributed by atoms with E-state index in [1.807, 2.05) is 0 Å². The predicted molar refractivity (Wildman–Crippen MR) is 70.9 cm³/mol. The Labute approximate surface area is 117 Å². The monoisotopic (exact) mass is 323 g/mol. The standard InChI is InChI=1S/C13H10BrNO4/c14-9-5-3-4-8-11(9)13(19)15(12(8)18)7-2-1-6-10(16)17/h1,3-6H,2,7H2,(H,16,17)/b6-1+. The third-order valence-electron chi connectivity index (χ3n) is 2.73. The number of carbonyl (C=O) groups is 3. The molecule has 1 aromatic rings. The van der Waals surface area contributed by atoms with Gasteiger partial charge in [0.15, 0.2) is 0 Å². The van der Waals surface area contributed by atoms with Crippen molar-refractivity contribution < 1.29 is 19.5 Å². The molecular weight excluding hydrogens is 314 g/mol. The second-order valence-electron chi connectivity index (χ2n) is 3.95. The fourth-order valence-electron chi connectivity index (χ4n) is 1.88. The molecular formula is C13H10BrNO4. The van der Waals surface area contributed by atoms with E-state index in [9.17, 15) is 14.4 Å². The molecule has 0 saturated heterocycles. The maximum absolute atomic E-state index is 12.1. The van der Waals surface area contributed by atoms with Gasteiger partial charge in [-0.2, -0.15) is 0 Å². The highest BCUT2D eigenvalue weighted by Gasteiger charge is 2.36. The van der Waals surface area contributed by atoms with Crippen LogP contribution in [0.3, 0.4) is 0 Å². The molecule has 1 aliphatic heterocycles. The minimum absolute atomic E-state index is 0.169. The summed E-state index contributed by atoms with van der Waals surface area (Å²) in [6.45, 7) is 0.169. The third kappa shape index (κ3) is 2.58. The van der Waals surface area contributed by atoms with Crippen LogP contribution in [-0.2, 0) is 4.79 Å². The van der Waals surface area contributed by atoms with Gasteiger partial charge in [-0.15, -0.1) is 0 Å². The van der Waals surface area contributed by atoms with Gasteiger partial charge >= 0.3 is 5.97 Å². The van der Waals surface area contributed by atoms with Crippen LogP contribution in [0.4, 0.5) is 0 Å². The number of nitrogens with zero attached hydrogens (tertiary/aromatic N) is 1. The molecule has 0 fully saturated rings. The number of rotatable bonds is 4. The first-order valence-electron chi connectivity index (χ1n) is 5.56. The highest BCUT2D eigenvalue weighted by Crippen LogP contribution is 2.29. The van der Waals surface area contributed by atoms with Crippen molar-refractivity contribution in [2.75, 3.05) is 6.54 Å². The number of carboxylic acid groups (broad SMARTS) is 1.